The van der Waals surface area contributed by atoms with E-state index in [0.717, 1.165) is 17.3 Å². The number of hydrogen-bond acceptors (Lipinski definition) is 3. The van der Waals surface area contributed by atoms with Gasteiger partial charge in [-0.3, -0.25) is 4.68 Å². The second kappa shape index (κ2) is 4.22. The minimum absolute atomic E-state index is 0.177. The summed E-state index contributed by atoms with van der Waals surface area (Å²) in [5.41, 5.74) is 6.64. The highest BCUT2D eigenvalue weighted by molar-refractivity contribution is 5.86. The third-order valence-corrected chi connectivity index (χ3v) is 2.64. The molecule has 0 amide bonds. The summed E-state index contributed by atoms with van der Waals surface area (Å²) in [4.78, 5) is 0. The van der Waals surface area contributed by atoms with E-state index in [1.807, 2.05) is 31.2 Å². The van der Waals surface area contributed by atoms with Gasteiger partial charge in [-0.05, 0) is 12.5 Å². The molecule has 5 heteroatoms. The molecule has 0 fully saturated rings. The number of oxime groups is 1. The largest absolute Gasteiger partial charge is 0.409 e. The monoisotopic (exact) mass is 218 g/mol. The average molecular weight is 218 g/mol. The van der Waals surface area contributed by atoms with E-state index >= 15 is 0 Å². The van der Waals surface area contributed by atoms with Crippen LogP contribution in [0.3, 0.4) is 0 Å². The highest BCUT2D eigenvalue weighted by Gasteiger charge is 2.16. The number of benzene rings is 1. The van der Waals surface area contributed by atoms with E-state index in [4.69, 9.17) is 10.9 Å². The molecular weight excluding hydrogens is 204 g/mol. The maximum atomic E-state index is 8.73. The zero-order valence-electron chi connectivity index (χ0n) is 9.04. The average Bonchev–Trinajstić information content (AvgIpc) is 2.74. The van der Waals surface area contributed by atoms with Gasteiger partial charge in [-0.2, -0.15) is 5.10 Å². The molecule has 5 nitrogen and oxygen atoms in total. The zero-order valence-corrected chi connectivity index (χ0v) is 9.04. The molecule has 1 unspecified atom stereocenters. The lowest BCUT2D eigenvalue weighted by atomic mass is 10.2. The van der Waals surface area contributed by atoms with Crippen LogP contribution in [0.15, 0.2) is 35.6 Å². The molecule has 0 spiro atoms. The molecule has 0 saturated carbocycles. The Kier molecular flexibility index (Phi) is 2.76. The smallest absolute Gasteiger partial charge is 0.164 e. The van der Waals surface area contributed by atoms with Gasteiger partial charge in [0.1, 0.15) is 6.04 Å². The van der Waals surface area contributed by atoms with Crippen molar-refractivity contribution in [1.82, 2.24) is 9.78 Å². The van der Waals surface area contributed by atoms with Crippen LogP contribution in [0.5, 0.6) is 0 Å². The quantitative estimate of drug-likeness (QED) is 0.356. The van der Waals surface area contributed by atoms with Crippen LogP contribution in [0.4, 0.5) is 0 Å². The van der Waals surface area contributed by atoms with E-state index in [0.29, 0.717) is 0 Å². The van der Waals surface area contributed by atoms with Crippen LogP contribution < -0.4 is 5.73 Å². The van der Waals surface area contributed by atoms with E-state index < -0.39 is 0 Å². The van der Waals surface area contributed by atoms with Crippen molar-refractivity contribution in [3.8, 4) is 0 Å². The third kappa shape index (κ3) is 1.60. The maximum Gasteiger partial charge on any atom is 0.164 e. The molecule has 0 saturated heterocycles. The summed E-state index contributed by atoms with van der Waals surface area (Å²) in [5, 5.41) is 17.1. The Morgan fingerprint density at radius 1 is 1.56 bits per heavy atom. The van der Waals surface area contributed by atoms with E-state index in [-0.39, 0.29) is 11.9 Å². The summed E-state index contributed by atoms with van der Waals surface area (Å²) in [6.07, 6.45) is 2.50. The molecule has 1 heterocycles. The summed E-state index contributed by atoms with van der Waals surface area (Å²) in [5.74, 6) is 0.177. The van der Waals surface area contributed by atoms with Gasteiger partial charge in [-0.25, -0.2) is 0 Å². The van der Waals surface area contributed by atoms with Gasteiger partial charge in [0.15, 0.2) is 5.84 Å². The fourth-order valence-corrected chi connectivity index (χ4v) is 1.81. The Balaban J connectivity index is 2.53. The lowest BCUT2D eigenvalue weighted by Crippen LogP contribution is -2.27. The molecule has 16 heavy (non-hydrogen) atoms. The third-order valence-electron chi connectivity index (χ3n) is 2.64. The molecule has 84 valence electrons. The van der Waals surface area contributed by atoms with Crippen molar-refractivity contribution in [2.45, 2.75) is 19.4 Å². The number of amidine groups is 1. The predicted molar refractivity (Wildman–Crippen MR) is 62.5 cm³/mol. The number of nitrogens with zero attached hydrogens (tertiary/aromatic N) is 3. The molecule has 0 radical (unpaired) electrons. The molecule has 2 rings (SSSR count). The van der Waals surface area contributed by atoms with Gasteiger partial charge in [0, 0.05) is 5.39 Å². The first-order valence-corrected chi connectivity index (χ1v) is 5.17. The van der Waals surface area contributed by atoms with E-state index in [1.165, 1.54) is 0 Å². The van der Waals surface area contributed by atoms with Crippen LogP contribution in [-0.4, -0.2) is 20.8 Å². The Morgan fingerprint density at radius 3 is 3.00 bits per heavy atom. The first-order valence-electron chi connectivity index (χ1n) is 5.17. The zero-order chi connectivity index (χ0) is 11.5. The fraction of sp³-hybridized carbons (Fsp3) is 0.273. The Hall–Kier alpha value is -2.04. The minimum atomic E-state index is -0.204. The Bertz CT molecular complexity index is 517. The first-order chi connectivity index (χ1) is 7.77. The molecule has 1 aromatic carbocycles. The Morgan fingerprint density at radius 2 is 2.31 bits per heavy atom. The van der Waals surface area contributed by atoms with Gasteiger partial charge in [0.2, 0.25) is 0 Å². The minimum Gasteiger partial charge on any atom is -0.409 e. The lowest BCUT2D eigenvalue weighted by Gasteiger charge is -2.14. The van der Waals surface area contributed by atoms with Crippen molar-refractivity contribution in [3.05, 3.63) is 30.5 Å². The molecule has 1 atom stereocenters. The highest BCUT2D eigenvalue weighted by Crippen LogP contribution is 2.19. The van der Waals surface area contributed by atoms with Gasteiger partial charge >= 0.3 is 0 Å². The maximum absolute atomic E-state index is 8.73. The summed E-state index contributed by atoms with van der Waals surface area (Å²) < 4.78 is 1.78. The first kappa shape index (κ1) is 10.5. The van der Waals surface area contributed by atoms with E-state index in [2.05, 4.69) is 10.3 Å². The highest BCUT2D eigenvalue weighted by atomic mass is 16.4. The molecule has 0 aliphatic carbocycles. The number of fused-ring (bicyclic) bond motifs is 1. The van der Waals surface area contributed by atoms with Crippen molar-refractivity contribution < 1.29 is 5.21 Å². The number of hydrogen-bond donors (Lipinski definition) is 2. The second-order valence-electron chi connectivity index (χ2n) is 3.60. The second-order valence-corrected chi connectivity index (χ2v) is 3.60. The Labute approximate surface area is 93.2 Å². The number of para-hydroxylation sites is 1. The molecule has 1 aromatic heterocycles. The molecular formula is C11H14N4O. The fourth-order valence-electron chi connectivity index (χ4n) is 1.81. The number of nitrogens with two attached hydrogens (primary N) is 1. The van der Waals surface area contributed by atoms with E-state index in [9.17, 15) is 0 Å². The summed E-state index contributed by atoms with van der Waals surface area (Å²) in [6, 6.07) is 7.65. The van der Waals surface area contributed by atoms with E-state index in [1.54, 1.807) is 10.9 Å². The van der Waals surface area contributed by atoms with Crippen LogP contribution in [-0.2, 0) is 0 Å². The molecule has 0 aliphatic heterocycles. The van der Waals surface area contributed by atoms with Crippen LogP contribution in [0, 0.1) is 0 Å². The van der Waals surface area contributed by atoms with Crippen molar-refractivity contribution in [1.29, 1.82) is 0 Å². The molecule has 3 N–H and O–H groups in total. The summed E-state index contributed by atoms with van der Waals surface area (Å²) in [7, 11) is 0. The topological polar surface area (TPSA) is 76.4 Å². The van der Waals surface area contributed by atoms with Crippen LogP contribution >= 0.6 is 0 Å². The van der Waals surface area contributed by atoms with Gasteiger partial charge < -0.3 is 10.9 Å². The SMILES string of the molecule is CCC(C(N)=NO)n1ncc2ccccc21. The van der Waals surface area contributed by atoms with Gasteiger partial charge in [0.05, 0.1) is 11.7 Å². The van der Waals surface area contributed by atoms with Gasteiger partial charge in [0.25, 0.3) is 0 Å². The normalized spacial score (nSPS) is 14.2. The predicted octanol–water partition coefficient (Wildman–Crippen LogP) is 1.73. The number of rotatable bonds is 3. The van der Waals surface area contributed by atoms with Crippen molar-refractivity contribution in [3.63, 3.8) is 0 Å². The van der Waals surface area contributed by atoms with Crippen LogP contribution in [0.1, 0.15) is 19.4 Å². The molecule has 0 bridgehead atoms. The molecule has 0 aliphatic rings. The van der Waals surface area contributed by atoms with Crippen molar-refractivity contribution in [2.24, 2.45) is 10.9 Å². The summed E-state index contributed by atoms with van der Waals surface area (Å²) in [6.45, 7) is 1.97. The standard InChI is InChI=1S/C11H14N4O/c1-2-9(11(12)14-16)15-10-6-4-3-5-8(10)7-13-15/h3-7,9,16H,2H2,1H3,(H2,12,14). The number of aromatic nitrogens is 2. The van der Waals surface area contributed by atoms with Crippen LogP contribution in [0.2, 0.25) is 0 Å². The van der Waals surface area contributed by atoms with Gasteiger partial charge in [-0.1, -0.05) is 30.3 Å². The van der Waals surface area contributed by atoms with Crippen LogP contribution in [0.25, 0.3) is 10.9 Å². The van der Waals surface area contributed by atoms with Gasteiger partial charge in [-0.15, -0.1) is 0 Å². The lowest BCUT2D eigenvalue weighted by molar-refractivity contribution is 0.312. The van der Waals surface area contributed by atoms with Crippen molar-refractivity contribution in [2.75, 3.05) is 0 Å². The molecule has 2 aromatic rings. The summed E-state index contributed by atoms with van der Waals surface area (Å²) >= 11 is 0. The van der Waals surface area contributed by atoms with Crippen molar-refractivity contribution >= 4 is 16.7 Å².